The number of rotatable bonds is 5. The maximum Gasteiger partial charge on any atom is 0.271 e. The number of aromatic nitrogens is 2. The van der Waals surface area contributed by atoms with E-state index in [0.29, 0.717) is 16.3 Å². The number of nitro groups is 1. The molecule has 0 unspecified atom stereocenters. The smallest absolute Gasteiger partial charge is 0.271 e. The van der Waals surface area contributed by atoms with Crippen LogP contribution in [0.1, 0.15) is 23.5 Å². The van der Waals surface area contributed by atoms with E-state index >= 15 is 0 Å². The first-order valence-corrected chi connectivity index (χ1v) is 10.1. The minimum atomic E-state index is -1.14. The summed E-state index contributed by atoms with van der Waals surface area (Å²) in [4.78, 5) is 55.4. The lowest BCUT2D eigenvalue weighted by molar-refractivity contribution is -0.384. The highest BCUT2D eigenvalue weighted by Crippen LogP contribution is 2.31. The quantitative estimate of drug-likeness (QED) is 0.329. The predicted octanol–water partition coefficient (Wildman–Crippen LogP) is 3.45. The standard InChI is InChI=1S/C21H17ClN6O5/c1-10-5-6-13(28(32)33)8-15(10)24-19(30)14-9-16(29)25-18-17(14)20(31)27-21(26-18)23-12-4-2-3-11(22)7-12/h2-8,14H,9H2,1H3,(H,24,30)(H3,23,25,26,27,29,31)/t14-/m0/s1. The van der Waals surface area contributed by atoms with Gasteiger partial charge in [-0.3, -0.25) is 29.5 Å². The first-order chi connectivity index (χ1) is 15.7. The number of nitrogens with zero attached hydrogens (tertiary/aromatic N) is 2. The monoisotopic (exact) mass is 468 g/mol. The lowest BCUT2D eigenvalue weighted by Crippen LogP contribution is -2.36. The molecular weight excluding hydrogens is 452 g/mol. The maximum atomic E-state index is 13.0. The highest BCUT2D eigenvalue weighted by Gasteiger charge is 2.35. The fourth-order valence-corrected chi connectivity index (χ4v) is 3.63. The van der Waals surface area contributed by atoms with Crippen molar-refractivity contribution in [2.75, 3.05) is 16.0 Å². The van der Waals surface area contributed by atoms with E-state index in [4.69, 9.17) is 11.6 Å². The van der Waals surface area contributed by atoms with E-state index in [2.05, 4.69) is 25.9 Å². The summed E-state index contributed by atoms with van der Waals surface area (Å²) in [6, 6.07) is 10.8. The Bertz CT molecular complexity index is 1360. The molecule has 2 heterocycles. The Hall–Kier alpha value is -4.25. The molecule has 168 valence electrons. The number of nitrogens with one attached hydrogen (secondary N) is 4. The second kappa shape index (κ2) is 8.71. The molecule has 1 atom stereocenters. The summed E-state index contributed by atoms with van der Waals surface area (Å²) in [7, 11) is 0. The normalized spacial score (nSPS) is 14.7. The van der Waals surface area contributed by atoms with Crippen molar-refractivity contribution in [3.05, 3.63) is 79.1 Å². The summed E-state index contributed by atoms with van der Waals surface area (Å²) in [6.45, 7) is 1.67. The van der Waals surface area contributed by atoms with Crippen molar-refractivity contribution < 1.29 is 14.5 Å². The van der Waals surface area contributed by atoms with Crippen molar-refractivity contribution in [3.63, 3.8) is 0 Å². The largest absolute Gasteiger partial charge is 0.326 e. The van der Waals surface area contributed by atoms with E-state index in [1.54, 1.807) is 31.2 Å². The van der Waals surface area contributed by atoms with Crippen LogP contribution in [0.15, 0.2) is 47.3 Å². The van der Waals surface area contributed by atoms with Crippen molar-refractivity contribution >= 4 is 52.2 Å². The second-order valence-electron chi connectivity index (χ2n) is 7.36. The number of fused-ring (bicyclic) bond motifs is 1. The van der Waals surface area contributed by atoms with Gasteiger partial charge in [-0.15, -0.1) is 0 Å². The van der Waals surface area contributed by atoms with Gasteiger partial charge in [0.1, 0.15) is 5.82 Å². The molecule has 1 aliphatic heterocycles. The number of H-pyrrole nitrogens is 1. The van der Waals surface area contributed by atoms with E-state index in [0.717, 1.165) is 0 Å². The molecule has 0 saturated carbocycles. The summed E-state index contributed by atoms with van der Waals surface area (Å²) in [5.41, 5.74) is 0.539. The van der Waals surface area contributed by atoms with Crippen LogP contribution in [0.5, 0.6) is 0 Å². The van der Waals surface area contributed by atoms with Crippen LogP contribution in [-0.4, -0.2) is 26.7 Å². The van der Waals surface area contributed by atoms with Crippen molar-refractivity contribution in [3.8, 4) is 0 Å². The van der Waals surface area contributed by atoms with Crippen LogP contribution in [0.25, 0.3) is 0 Å². The Balaban J connectivity index is 1.65. The van der Waals surface area contributed by atoms with Gasteiger partial charge in [0.15, 0.2) is 0 Å². The first-order valence-electron chi connectivity index (χ1n) is 9.74. The van der Waals surface area contributed by atoms with Crippen molar-refractivity contribution in [1.29, 1.82) is 0 Å². The molecule has 2 amide bonds. The van der Waals surface area contributed by atoms with Gasteiger partial charge in [-0.1, -0.05) is 23.7 Å². The summed E-state index contributed by atoms with van der Waals surface area (Å²) in [6.07, 6.45) is -0.279. The zero-order chi connectivity index (χ0) is 23.7. The lowest BCUT2D eigenvalue weighted by Gasteiger charge is -2.24. The fraction of sp³-hybridized carbons (Fsp3) is 0.143. The average Bonchev–Trinajstić information content (AvgIpc) is 2.74. The molecule has 0 fully saturated rings. The Morgan fingerprint density at radius 2 is 2.03 bits per heavy atom. The summed E-state index contributed by atoms with van der Waals surface area (Å²) < 4.78 is 0. The van der Waals surface area contributed by atoms with E-state index in [1.165, 1.54) is 18.2 Å². The van der Waals surface area contributed by atoms with Crippen LogP contribution in [0.4, 0.5) is 28.8 Å². The topological polar surface area (TPSA) is 159 Å². The lowest BCUT2D eigenvalue weighted by atomic mass is 9.92. The maximum absolute atomic E-state index is 13.0. The van der Waals surface area contributed by atoms with Crippen LogP contribution in [0.3, 0.4) is 0 Å². The zero-order valence-electron chi connectivity index (χ0n) is 17.1. The molecule has 4 N–H and O–H groups in total. The number of non-ortho nitro benzene ring substituents is 1. The van der Waals surface area contributed by atoms with Crippen LogP contribution < -0.4 is 21.5 Å². The number of carbonyl (C=O) groups excluding carboxylic acids is 2. The van der Waals surface area contributed by atoms with Gasteiger partial charge >= 0.3 is 0 Å². The SMILES string of the molecule is Cc1ccc([N+](=O)[O-])cc1NC(=O)[C@H]1CC(=O)Nc2nc(Nc3cccc(Cl)c3)[nH]c(=O)c21. The van der Waals surface area contributed by atoms with E-state index in [9.17, 15) is 24.5 Å². The predicted molar refractivity (Wildman–Crippen MR) is 122 cm³/mol. The minimum absolute atomic E-state index is 0.00757. The van der Waals surface area contributed by atoms with Crippen molar-refractivity contribution in [2.24, 2.45) is 0 Å². The summed E-state index contributed by atoms with van der Waals surface area (Å²) in [5.74, 6) is -2.28. The minimum Gasteiger partial charge on any atom is -0.326 e. The molecule has 3 aromatic rings. The van der Waals surface area contributed by atoms with Gasteiger partial charge in [0.25, 0.3) is 11.2 Å². The molecule has 0 spiro atoms. The van der Waals surface area contributed by atoms with Gasteiger partial charge in [0.2, 0.25) is 17.8 Å². The van der Waals surface area contributed by atoms with E-state index in [1.807, 2.05) is 0 Å². The van der Waals surface area contributed by atoms with E-state index < -0.39 is 28.2 Å². The van der Waals surface area contributed by atoms with Gasteiger partial charge in [-0.25, -0.2) is 0 Å². The molecule has 0 radical (unpaired) electrons. The molecule has 2 aromatic carbocycles. The Morgan fingerprint density at radius 1 is 1.24 bits per heavy atom. The second-order valence-corrected chi connectivity index (χ2v) is 7.80. The molecule has 0 aliphatic carbocycles. The number of amides is 2. The molecule has 4 rings (SSSR count). The number of aryl methyl sites for hydroxylation is 1. The third-order valence-corrected chi connectivity index (χ3v) is 5.28. The third-order valence-electron chi connectivity index (χ3n) is 5.04. The van der Waals surface area contributed by atoms with Crippen LogP contribution in [-0.2, 0) is 9.59 Å². The fourth-order valence-electron chi connectivity index (χ4n) is 3.44. The molecule has 0 saturated heterocycles. The average molecular weight is 469 g/mol. The number of hydrogen-bond donors (Lipinski definition) is 4. The zero-order valence-corrected chi connectivity index (χ0v) is 17.9. The molecule has 12 heteroatoms. The highest BCUT2D eigenvalue weighted by atomic mass is 35.5. The molecule has 1 aliphatic rings. The number of benzene rings is 2. The number of carbonyl (C=O) groups is 2. The van der Waals surface area contributed by atoms with Gasteiger partial charge in [0, 0.05) is 29.3 Å². The Morgan fingerprint density at radius 3 is 2.76 bits per heavy atom. The van der Waals surface area contributed by atoms with Crippen LogP contribution in [0, 0.1) is 17.0 Å². The Kier molecular flexibility index (Phi) is 5.80. The number of nitro benzene ring substituents is 1. The van der Waals surface area contributed by atoms with Gasteiger partial charge < -0.3 is 16.0 Å². The van der Waals surface area contributed by atoms with Crippen LogP contribution in [0.2, 0.25) is 5.02 Å². The molecular formula is C21H17ClN6O5. The molecule has 11 nitrogen and oxygen atoms in total. The number of hydrogen-bond acceptors (Lipinski definition) is 7. The molecule has 33 heavy (non-hydrogen) atoms. The third kappa shape index (κ3) is 4.67. The van der Waals surface area contributed by atoms with Gasteiger partial charge in [0.05, 0.1) is 22.1 Å². The summed E-state index contributed by atoms with van der Waals surface area (Å²) in [5, 5.41) is 19.5. The van der Waals surface area contributed by atoms with Gasteiger partial charge in [-0.05, 0) is 30.7 Å². The van der Waals surface area contributed by atoms with Crippen molar-refractivity contribution in [1.82, 2.24) is 9.97 Å². The molecule has 1 aromatic heterocycles. The van der Waals surface area contributed by atoms with Crippen molar-refractivity contribution in [2.45, 2.75) is 19.3 Å². The van der Waals surface area contributed by atoms with Gasteiger partial charge in [-0.2, -0.15) is 4.98 Å². The van der Waals surface area contributed by atoms with E-state index in [-0.39, 0.29) is 35.1 Å². The first kappa shape index (κ1) is 22.0. The number of anilines is 4. The number of aromatic amines is 1. The highest BCUT2D eigenvalue weighted by molar-refractivity contribution is 6.30. The number of halogens is 1. The van der Waals surface area contributed by atoms with Crippen LogP contribution >= 0.6 is 11.6 Å². The Labute approximate surface area is 191 Å². The summed E-state index contributed by atoms with van der Waals surface area (Å²) >= 11 is 5.96. The molecule has 0 bridgehead atoms.